The van der Waals surface area contributed by atoms with Gasteiger partial charge in [-0.2, -0.15) is 0 Å². The van der Waals surface area contributed by atoms with Crippen LogP contribution in [-0.2, 0) is 0 Å². The van der Waals surface area contributed by atoms with E-state index in [1.54, 1.807) is 4.90 Å². The second kappa shape index (κ2) is 7.33. The minimum atomic E-state index is 0.855. The van der Waals surface area contributed by atoms with Crippen molar-refractivity contribution < 1.29 is 9.64 Å². The Morgan fingerprint density at radius 2 is 1.65 bits per heavy atom. The number of likely N-dealkylation sites (tertiary alicyclic amines) is 1. The molecule has 0 amide bonds. The molecule has 2 nitrogen and oxygen atoms in total. The van der Waals surface area contributed by atoms with Crippen LogP contribution in [0.25, 0.3) is 0 Å². The molecule has 0 aromatic heterocycles. The third-order valence-electron chi connectivity index (χ3n) is 3.50. The van der Waals surface area contributed by atoms with Gasteiger partial charge in [-0.05, 0) is 37.8 Å². The number of hydrogen-bond donors (Lipinski definition) is 1. The lowest BCUT2D eigenvalue weighted by Gasteiger charge is -2.16. The second-order valence-electron chi connectivity index (χ2n) is 4.93. The largest absolute Gasteiger partial charge is 0.493 e. The topological polar surface area (TPSA) is 13.7 Å². The van der Waals surface area contributed by atoms with Gasteiger partial charge in [-0.25, -0.2) is 0 Å². The van der Waals surface area contributed by atoms with E-state index in [4.69, 9.17) is 4.74 Å². The van der Waals surface area contributed by atoms with Crippen LogP contribution in [-0.4, -0.2) is 26.2 Å². The fourth-order valence-corrected chi connectivity index (χ4v) is 2.51. The first-order valence-corrected chi connectivity index (χ1v) is 6.96. The van der Waals surface area contributed by atoms with Gasteiger partial charge in [0.25, 0.3) is 0 Å². The van der Waals surface area contributed by atoms with Crippen LogP contribution in [0.5, 0.6) is 5.75 Å². The molecule has 0 aliphatic carbocycles. The van der Waals surface area contributed by atoms with Gasteiger partial charge in [0, 0.05) is 6.42 Å². The highest BCUT2D eigenvalue weighted by molar-refractivity contribution is 5.20. The third-order valence-corrected chi connectivity index (χ3v) is 3.50. The fourth-order valence-electron chi connectivity index (χ4n) is 2.51. The number of quaternary nitrogens is 1. The number of rotatable bonds is 5. The molecule has 2 rings (SSSR count). The lowest BCUT2D eigenvalue weighted by Crippen LogP contribution is -3.11. The summed E-state index contributed by atoms with van der Waals surface area (Å²) in [5.74, 6) is 0.998. The molecule has 0 atom stereocenters. The summed E-state index contributed by atoms with van der Waals surface area (Å²) in [4.78, 5) is 1.78. The zero-order valence-corrected chi connectivity index (χ0v) is 10.7. The SMILES string of the molecule is c1ccc(OCCC[NH+]2CCCCCC2)cc1. The molecule has 1 aromatic carbocycles. The van der Waals surface area contributed by atoms with Crippen molar-refractivity contribution in [2.24, 2.45) is 0 Å². The first kappa shape index (κ1) is 12.4. The van der Waals surface area contributed by atoms with Crippen LogP contribution in [0.4, 0.5) is 0 Å². The van der Waals surface area contributed by atoms with E-state index < -0.39 is 0 Å². The molecule has 1 aromatic rings. The molecular weight excluding hydrogens is 210 g/mol. The summed E-state index contributed by atoms with van der Waals surface area (Å²) in [5, 5.41) is 0. The van der Waals surface area contributed by atoms with Crippen LogP contribution in [0.1, 0.15) is 32.1 Å². The van der Waals surface area contributed by atoms with E-state index in [0.717, 1.165) is 12.4 Å². The molecule has 17 heavy (non-hydrogen) atoms. The van der Waals surface area contributed by atoms with Crippen LogP contribution in [0.3, 0.4) is 0 Å². The molecule has 1 aliphatic heterocycles. The summed E-state index contributed by atoms with van der Waals surface area (Å²) in [6.07, 6.45) is 6.86. The van der Waals surface area contributed by atoms with Crippen molar-refractivity contribution in [3.63, 3.8) is 0 Å². The predicted octanol–water partition coefficient (Wildman–Crippen LogP) is 1.91. The molecule has 0 saturated carbocycles. The van der Waals surface area contributed by atoms with Crippen molar-refractivity contribution in [1.82, 2.24) is 0 Å². The monoisotopic (exact) mass is 234 g/mol. The Morgan fingerprint density at radius 3 is 2.35 bits per heavy atom. The number of nitrogens with one attached hydrogen (secondary N) is 1. The standard InChI is InChI=1S/C15H23NO/c1-2-7-12-16(11-6-1)13-8-14-17-15-9-4-3-5-10-15/h3-5,9-10H,1-2,6-8,11-14H2/p+1. The quantitative estimate of drug-likeness (QED) is 0.768. The molecule has 1 N–H and O–H groups in total. The number of para-hydroxylation sites is 1. The van der Waals surface area contributed by atoms with Crippen LogP contribution in [0.2, 0.25) is 0 Å². The Labute approximate surface area is 105 Å². The van der Waals surface area contributed by atoms with E-state index >= 15 is 0 Å². The normalized spacial score (nSPS) is 17.6. The zero-order valence-electron chi connectivity index (χ0n) is 10.7. The van der Waals surface area contributed by atoms with E-state index in [1.165, 1.54) is 51.7 Å². The van der Waals surface area contributed by atoms with E-state index in [9.17, 15) is 0 Å². The summed E-state index contributed by atoms with van der Waals surface area (Å²) < 4.78 is 5.71. The minimum absolute atomic E-state index is 0.855. The zero-order chi connectivity index (χ0) is 11.8. The summed E-state index contributed by atoms with van der Waals surface area (Å²) in [6, 6.07) is 10.1. The highest BCUT2D eigenvalue weighted by atomic mass is 16.5. The van der Waals surface area contributed by atoms with E-state index in [0.29, 0.717) is 0 Å². The number of ether oxygens (including phenoxy) is 1. The average Bonchev–Trinajstić information content (AvgIpc) is 2.65. The maximum Gasteiger partial charge on any atom is 0.119 e. The predicted molar refractivity (Wildman–Crippen MR) is 70.6 cm³/mol. The van der Waals surface area contributed by atoms with Crippen molar-refractivity contribution in [1.29, 1.82) is 0 Å². The molecule has 1 heterocycles. The summed E-state index contributed by atoms with van der Waals surface area (Å²) in [6.45, 7) is 4.86. The summed E-state index contributed by atoms with van der Waals surface area (Å²) in [7, 11) is 0. The van der Waals surface area contributed by atoms with Crippen molar-refractivity contribution >= 4 is 0 Å². The van der Waals surface area contributed by atoms with Gasteiger partial charge in [0.2, 0.25) is 0 Å². The lowest BCUT2D eigenvalue weighted by atomic mass is 10.2. The van der Waals surface area contributed by atoms with Gasteiger partial charge in [-0.1, -0.05) is 18.2 Å². The molecule has 0 unspecified atom stereocenters. The maximum atomic E-state index is 5.71. The van der Waals surface area contributed by atoms with Crippen molar-refractivity contribution in [2.45, 2.75) is 32.1 Å². The summed E-state index contributed by atoms with van der Waals surface area (Å²) >= 11 is 0. The molecular formula is C15H24NO+. The van der Waals surface area contributed by atoms with Crippen LogP contribution < -0.4 is 9.64 Å². The van der Waals surface area contributed by atoms with E-state index in [2.05, 4.69) is 0 Å². The molecule has 0 radical (unpaired) electrons. The lowest BCUT2D eigenvalue weighted by molar-refractivity contribution is -0.899. The summed E-state index contributed by atoms with van der Waals surface area (Å²) in [5.41, 5.74) is 0. The Balaban J connectivity index is 1.59. The first-order chi connectivity index (χ1) is 8.45. The Morgan fingerprint density at radius 1 is 0.941 bits per heavy atom. The third kappa shape index (κ3) is 4.78. The average molecular weight is 234 g/mol. The first-order valence-electron chi connectivity index (χ1n) is 6.96. The highest BCUT2D eigenvalue weighted by Crippen LogP contribution is 2.08. The van der Waals surface area contributed by atoms with Gasteiger partial charge in [-0.3, -0.25) is 0 Å². The van der Waals surface area contributed by atoms with Gasteiger partial charge in [0.1, 0.15) is 5.75 Å². The van der Waals surface area contributed by atoms with Crippen molar-refractivity contribution in [2.75, 3.05) is 26.2 Å². The maximum absolute atomic E-state index is 5.71. The van der Waals surface area contributed by atoms with E-state index in [-0.39, 0.29) is 0 Å². The molecule has 1 aliphatic rings. The minimum Gasteiger partial charge on any atom is -0.493 e. The van der Waals surface area contributed by atoms with Gasteiger partial charge in [-0.15, -0.1) is 0 Å². The molecule has 0 bridgehead atoms. The Kier molecular flexibility index (Phi) is 5.37. The number of hydrogen-bond acceptors (Lipinski definition) is 1. The molecule has 1 saturated heterocycles. The van der Waals surface area contributed by atoms with Crippen molar-refractivity contribution in [3.05, 3.63) is 30.3 Å². The van der Waals surface area contributed by atoms with Gasteiger partial charge in [0.15, 0.2) is 0 Å². The second-order valence-corrected chi connectivity index (χ2v) is 4.93. The molecule has 0 spiro atoms. The van der Waals surface area contributed by atoms with Crippen LogP contribution in [0.15, 0.2) is 30.3 Å². The van der Waals surface area contributed by atoms with Crippen molar-refractivity contribution in [3.8, 4) is 5.75 Å². The smallest absolute Gasteiger partial charge is 0.119 e. The van der Waals surface area contributed by atoms with Crippen LogP contribution in [0, 0.1) is 0 Å². The molecule has 2 heteroatoms. The van der Waals surface area contributed by atoms with Gasteiger partial charge in [0.05, 0.1) is 26.2 Å². The fraction of sp³-hybridized carbons (Fsp3) is 0.600. The Bertz CT molecular complexity index is 291. The van der Waals surface area contributed by atoms with Crippen LogP contribution >= 0.6 is 0 Å². The number of benzene rings is 1. The highest BCUT2D eigenvalue weighted by Gasteiger charge is 2.11. The molecule has 94 valence electrons. The van der Waals surface area contributed by atoms with Gasteiger partial charge < -0.3 is 9.64 Å². The van der Waals surface area contributed by atoms with Gasteiger partial charge >= 0.3 is 0 Å². The Hall–Kier alpha value is -1.02. The molecule has 1 fully saturated rings. The van der Waals surface area contributed by atoms with E-state index in [1.807, 2.05) is 30.3 Å².